The quantitative estimate of drug-likeness (QED) is 0.706. The molecule has 0 N–H and O–H groups in total. The van der Waals surface area contributed by atoms with Crippen molar-refractivity contribution in [2.75, 3.05) is 13.2 Å². The predicted octanol–water partition coefficient (Wildman–Crippen LogP) is 3.34. The van der Waals surface area contributed by atoms with Crippen LogP contribution in [-0.2, 0) is 19.1 Å². The third-order valence-corrected chi connectivity index (χ3v) is 6.41. The van der Waals surface area contributed by atoms with Crippen molar-refractivity contribution in [1.29, 1.82) is 0 Å². The smallest absolute Gasteiger partial charge is 0.306 e. The van der Waals surface area contributed by atoms with Crippen LogP contribution in [0.5, 0.6) is 0 Å². The Morgan fingerprint density at radius 3 is 2.50 bits per heavy atom. The molecule has 22 heavy (non-hydrogen) atoms. The number of rotatable bonds is 6. The first-order chi connectivity index (χ1) is 10.6. The second kappa shape index (κ2) is 6.21. The molecule has 4 nitrogen and oxygen atoms in total. The Bertz CT molecular complexity index is 446. The summed E-state index contributed by atoms with van der Waals surface area (Å²) in [6, 6.07) is 0. The van der Waals surface area contributed by atoms with E-state index in [1.807, 2.05) is 13.8 Å². The highest BCUT2D eigenvalue weighted by molar-refractivity contribution is 5.71. The SMILES string of the molecule is CCOC(=O)CC1CCC2C1C1CCC2(CC(=O)OCC)C1. The molecule has 0 saturated heterocycles. The lowest BCUT2D eigenvalue weighted by Gasteiger charge is -2.36. The lowest BCUT2D eigenvalue weighted by Crippen LogP contribution is -2.32. The molecule has 5 atom stereocenters. The monoisotopic (exact) mass is 308 g/mol. The first-order valence-corrected chi connectivity index (χ1v) is 8.91. The van der Waals surface area contributed by atoms with Crippen molar-refractivity contribution in [3.8, 4) is 0 Å². The van der Waals surface area contributed by atoms with Gasteiger partial charge >= 0.3 is 11.9 Å². The summed E-state index contributed by atoms with van der Waals surface area (Å²) in [5.74, 6) is 2.36. The van der Waals surface area contributed by atoms with Crippen molar-refractivity contribution in [1.82, 2.24) is 0 Å². The molecule has 124 valence electrons. The second-order valence-corrected chi connectivity index (χ2v) is 7.38. The van der Waals surface area contributed by atoms with Gasteiger partial charge in [-0.15, -0.1) is 0 Å². The summed E-state index contributed by atoms with van der Waals surface area (Å²) < 4.78 is 10.3. The molecule has 0 aromatic rings. The zero-order chi connectivity index (χ0) is 15.7. The third kappa shape index (κ3) is 2.65. The first kappa shape index (κ1) is 15.8. The van der Waals surface area contributed by atoms with Crippen LogP contribution in [0.1, 0.15) is 58.8 Å². The Labute approximate surface area is 132 Å². The fraction of sp³-hybridized carbons (Fsp3) is 0.889. The minimum Gasteiger partial charge on any atom is -0.466 e. The van der Waals surface area contributed by atoms with Crippen molar-refractivity contribution in [2.45, 2.75) is 58.8 Å². The van der Waals surface area contributed by atoms with Crippen LogP contribution in [-0.4, -0.2) is 25.2 Å². The van der Waals surface area contributed by atoms with E-state index < -0.39 is 0 Å². The van der Waals surface area contributed by atoms with Gasteiger partial charge < -0.3 is 9.47 Å². The van der Waals surface area contributed by atoms with E-state index in [9.17, 15) is 9.59 Å². The van der Waals surface area contributed by atoms with E-state index in [-0.39, 0.29) is 17.4 Å². The molecule has 0 radical (unpaired) electrons. The fourth-order valence-corrected chi connectivity index (χ4v) is 5.86. The van der Waals surface area contributed by atoms with Gasteiger partial charge in [0.05, 0.1) is 19.6 Å². The molecule has 2 bridgehead atoms. The summed E-state index contributed by atoms with van der Waals surface area (Å²) in [5.41, 5.74) is 0.172. The van der Waals surface area contributed by atoms with E-state index in [0.29, 0.717) is 49.7 Å². The molecular formula is C18H28O4. The zero-order valence-electron chi connectivity index (χ0n) is 13.8. The molecular weight excluding hydrogens is 280 g/mol. The number of hydrogen-bond donors (Lipinski definition) is 0. The molecule has 3 saturated carbocycles. The van der Waals surface area contributed by atoms with Gasteiger partial charge in [-0.3, -0.25) is 9.59 Å². The van der Waals surface area contributed by atoms with Gasteiger partial charge in [-0.05, 0) is 75.0 Å². The molecule has 3 rings (SSSR count). The minimum absolute atomic E-state index is 0.0300. The van der Waals surface area contributed by atoms with E-state index in [1.54, 1.807) is 0 Å². The standard InChI is InChI=1S/C18H28O4/c1-3-21-15(19)9-12-5-6-14-17(12)13-7-8-18(14,10-13)11-16(20)22-4-2/h12-14,17H,3-11H2,1-2H3. The maximum absolute atomic E-state index is 12.0. The molecule has 0 aromatic carbocycles. The van der Waals surface area contributed by atoms with Crippen LogP contribution in [0.4, 0.5) is 0 Å². The van der Waals surface area contributed by atoms with Crippen LogP contribution in [0.3, 0.4) is 0 Å². The Morgan fingerprint density at radius 2 is 1.77 bits per heavy atom. The van der Waals surface area contributed by atoms with Crippen LogP contribution in [0.15, 0.2) is 0 Å². The van der Waals surface area contributed by atoms with Gasteiger partial charge in [0.1, 0.15) is 0 Å². The van der Waals surface area contributed by atoms with Crippen LogP contribution in [0.2, 0.25) is 0 Å². The van der Waals surface area contributed by atoms with E-state index in [1.165, 1.54) is 25.7 Å². The number of fused-ring (bicyclic) bond motifs is 5. The van der Waals surface area contributed by atoms with Crippen LogP contribution < -0.4 is 0 Å². The van der Waals surface area contributed by atoms with Gasteiger partial charge in [0.2, 0.25) is 0 Å². The van der Waals surface area contributed by atoms with Crippen molar-refractivity contribution < 1.29 is 19.1 Å². The Balaban J connectivity index is 1.67. The Kier molecular flexibility index (Phi) is 4.47. The highest BCUT2D eigenvalue weighted by Gasteiger charge is 2.61. The van der Waals surface area contributed by atoms with Gasteiger partial charge in [-0.1, -0.05) is 0 Å². The number of ether oxygens (including phenoxy) is 2. The number of hydrogen-bond acceptors (Lipinski definition) is 4. The van der Waals surface area contributed by atoms with Crippen LogP contribution in [0.25, 0.3) is 0 Å². The van der Waals surface area contributed by atoms with Crippen molar-refractivity contribution >= 4 is 11.9 Å². The summed E-state index contributed by atoms with van der Waals surface area (Å²) >= 11 is 0. The molecule has 3 aliphatic rings. The summed E-state index contributed by atoms with van der Waals surface area (Å²) in [5, 5.41) is 0. The molecule has 0 aliphatic heterocycles. The van der Waals surface area contributed by atoms with Crippen molar-refractivity contribution in [3.05, 3.63) is 0 Å². The van der Waals surface area contributed by atoms with E-state index in [4.69, 9.17) is 9.47 Å². The van der Waals surface area contributed by atoms with Gasteiger partial charge in [-0.2, -0.15) is 0 Å². The normalized spacial score (nSPS) is 38.8. The predicted molar refractivity (Wildman–Crippen MR) is 82.0 cm³/mol. The molecule has 3 aliphatic carbocycles. The summed E-state index contributed by atoms with van der Waals surface area (Å²) in [6.07, 6.45) is 7.01. The fourth-order valence-electron chi connectivity index (χ4n) is 5.86. The Hall–Kier alpha value is -1.06. The summed E-state index contributed by atoms with van der Waals surface area (Å²) in [4.78, 5) is 23.9. The molecule has 3 fully saturated rings. The van der Waals surface area contributed by atoms with Crippen LogP contribution >= 0.6 is 0 Å². The zero-order valence-corrected chi connectivity index (χ0v) is 13.8. The Morgan fingerprint density at radius 1 is 1.05 bits per heavy atom. The lowest BCUT2D eigenvalue weighted by molar-refractivity contribution is -0.147. The molecule has 0 spiro atoms. The van der Waals surface area contributed by atoms with Crippen LogP contribution in [0, 0.1) is 29.1 Å². The largest absolute Gasteiger partial charge is 0.466 e. The van der Waals surface area contributed by atoms with Crippen molar-refractivity contribution in [3.63, 3.8) is 0 Å². The number of carbonyl (C=O) groups excluding carboxylic acids is 2. The molecule has 5 unspecified atom stereocenters. The maximum Gasteiger partial charge on any atom is 0.306 e. The molecule has 0 aromatic heterocycles. The van der Waals surface area contributed by atoms with Gasteiger partial charge in [0.25, 0.3) is 0 Å². The van der Waals surface area contributed by atoms with Gasteiger partial charge in [0, 0.05) is 6.42 Å². The lowest BCUT2D eigenvalue weighted by atomic mass is 9.68. The number of esters is 2. The highest BCUT2D eigenvalue weighted by Crippen LogP contribution is 2.68. The maximum atomic E-state index is 12.0. The van der Waals surface area contributed by atoms with Gasteiger partial charge in [0.15, 0.2) is 0 Å². The topological polar surface area (TPSA) is 52.6 Å². The summed E-state index contributed by atoms with van der Waals surface area (Å²) in [6.45, 7) is 4.67. The molecule has 4 heteroatoms. The first-order valence-electron chi connectivity index (χ1n) is 8.91. The van der Waals surface area contributed by atoms with Crippen molar-refractivity contribution in [2.24, 2.45) is 29.1 Å². The van der Waals surface area contributed by atoms with E-state index >= 15 is 0 Å². The van der Waals surface area contributed by atoms with Gasteiger partial charge in [-0.25, -0.2) is 0 Å². The third-order valence-electron chi connectivity index (χ3n) is 6.41. The second-order valence-electron chi connectivity index (χ2n) is 7.38. The number of carbonyl (C=O) groups is 2. The minimum atomic E-state index is -0.0460. The van der Waals surface area contributed by atoms with E-state index in [2.05, 4.69) is 0 Å². The van der Waals surface area contributed by atoms with E-state index in [0.717, 1.165) is 6.42 Å². The average Bonchev–Trinajstić information content (AvgIpc) is 3.11. The summed E-state index contributed by atoms with van der Waals surface area (Å²) in [7, 11) is 0. The average molecular weight is 308 g/mol. The highest BCUT2D eigenvalue weighted by atomic mass is 16.5. The molecule has 0 amide bonds. The molecule has 0 heterocycles.